The summed E-state index contributed by atoms with van der Waals surface area (Å²) in [6, 6.07) is 8.28. The number of anilines is 1. The van der Waals surface area contributed by atoms with Crippen LogP contribution in [0.3, 0.4) is 0 Å². The molecule has 1 fully saturated rings. The lowest BCUT2D eigenvalue weighted by Gasteiger charge is -2.45. The molecule has 178 valence electrons. The van der Waals surface area contributed by atoms with E-state index < -0.39 is 11.9 Å². The second-order valence-electron chi connectivity index (χ2n) is 8.55. The fraction of sp³-hybridized carbons (Fsp3) is 0.240. The molecule has 0 saturated carbocycles. The van der Waals surface area contributed by atoms with Crippen molar-refractivity contribution < 1.29 is 23.8 Å². The average molecular weight is 495 g/mol. The molecular weight excluding hydrogens is 475 g/mol. The Morgan fingerprint density at radius 3 is 2.91 bits per heavy atom. The Bertz CT molecular complexity index is 1510. The maximum absolute atomic E-state index is 15.3. The molecule has 2 aliphatic rings. The van der Waals surface area contributed by atoms with Crippen molar-refractivity contribution in [3.8, 4) is 22.8 Å². The van der Waals surface area contributed by atoms with Gasteiger partial charge >= 0.3 is 6.09 Å². The van der Waals surface area contributed by atoms with Crippen LogP contribution in [0.25, 0.3) is 32.8 Å². The molecule has 4 heterocycles. The third-order valence-corrected chi connectivity index (χ3v) is 6.99. The Morgan fingerprint density at radius 2 is 2.11 bits per heavy atom. The second-order valence-corrected chi connectivity index (χ2v) is 8.95. The lowest BCUT2D eigenvalue weighted by Crippen LogP contribution is -2.58. The van der Waals surface area contributed by atoms with Crippen LogP contribution in [0, 0.1) is 5.82 Å². The Kier molecular flexibility index (Phi) is 5.03. The number of hydrogen-bond donors (Lipinski definition) is 1. The van der Waals surface area contributed by atoms with Crippen molar-refractivity contribution in [1.29, 1.82) is 0 Å². The van der Waals surface area contributed by atoms with Crippen LogP contribution in [0.5, 0.6) is 11.6 Å². The smallest absolute Gasteiger partial charge is 0.407 e. The number of methoxy groups -OCH3 is 1. The summed E-state index contributed by atoms with van der Waals surface area (Å²) in [6.45, 7) is 1.61. The molecule has 0 radical (unpaired) electrons. The van der Waals surface area contributed by atoms with E-state index >= 15 is 4.39 Å². The number of aromatic nitrogens is 2. The van der Waals surface area contributed by atoms with E-state index in [-0.39, 0.29) is 6.04 Å². The molecule has 2 aliphatic heterocycles. The van der Waals surface area contributed by atoms with E-state index in [9.17, 15) is 9.90 Å². The van der Waals surface area contributed by atoms with Crippen molar-refractivity contribution in [2.24, 2.45) is 0 Å². The second kappa shape index (κ2) is 8.13. The van der Waals surface area contributed by atoms with Gasteiger partial charge in [0, 0.05) is 47.4 Å². The number of fused-ring (bicyclic) bond motifs is 6. The Balaban J connectivity index is 1.53. The van der Waals surface area contributed by atoms with Gasteiger partial charge in [0.25, 0.3) is 0 Å². The van der Waals surface area contributed by atoms with Gasteiger partial charge in [0.15, 0.2) is 5.75 Å². The van der Waals surface area contributed by atoms with E-state index in [1.165, 1.54) is 18.1 Å². The van der Waals surface area contributed by atoms with Gasteiger partial charge in [0.05, 0.1) is 35.9 Å². The monoisotopic (exact) mass is 494 g/mol. The first-order valence-electron chi connectivity index (χ1n) is 11.1. The van der Waals surface area contributed by atoms with Crippen molar-refractivity contribution in [2.75, 3.05) is 38.3 Å². The largest absolute Gasteiger partial charge is 0.488 e. The highest BCUT2D eigenvalue weighted by Crippen LogP contribution is 2.45. The molecule has 1 saturated heterocycles. The van der Waals surface area contributed by atoms with E-state index in [0.29, 0.717) is 64.9 Å². The molecule has 10 heteroatoms. The van der Waals surface area contributed by atoms with Crippen molar-refractivity contribution in [3.05, 3.63) is 53.6 Å². The number of pyridine rings is 2. The van der Waals surface area contributed by atoms with Crippen molar-refractivity contribution in [1.82, 2.24) is 14.9 Å². The first kappa shape index (κ1) is 21.7. The number of rotatable bonds is 2. The molecule has 8 nitrogen and oxygen atoms in total. The predicted molar refractivity (Wildman–Crippen MR) is 130 cm³/mol. The summed E-state index contributed by atoms with van der Waals surface area (Å²) >= 11 is 6.79. The highest BCUT2D eigenvalue weighted by molar-refractivity contribution is 6.35. The van der Waals surface area contributed by atoms with E-state index in [1.807, 2.05) is 0 Å². The molecule has 2 aromatic heterocycles. The SMILES string of the molecule is COc1nccc2ccc(F)c(-c3cc4ncc5c(c4cc3Cl)N3CCN(C(=O)O)C[C@@H]3CO5)c12. The molecule has 0 spiro atoms. The standard InChI is InChI=1S/C25H20ClFN4O4/c1-34-24-21-13(4-5-28-24)2-3-18(27)22(21)15-9-19-16(8-17(15)26)23-20(10-29-19)35-12-14-11-30(25(32)33)6-7-31(14)23/h2-5,8-10,14H,6-7,11-12H2,1H3,(H,32,33)/t14-/m1/s1. The number of ether oxygens (including phenoxy) is 2. The molecule has 1 N–H and O–H groups in total. The van der Waals surface area contributed by atoms with E-state index in [1.54, 1.807) is 36.7 Å². The summed E-state index contributed by atoms with van der Waals surface area (Å²) in [7, 11) is 1.49. The number of amides is 1. The van der Waals surface area contributed by atoms with Crippen LogP contribution in [-0.4, -0.2) is 65.5 Å². The Hall–Kier alpha value is -3.85. The normalized spacial score (nSPS) is 17.2. The summed E-state index contributed by atoms with van der Waals surface area (Å²) < 4.78 is 26.6. The summed E-state index contributed by atoms with van der Waals surface area (Å²) in [4.78, 5) is 23.8. The maximum atomic E-state index is 15.3. The minimum Gasteiger partial charge on any atom is -0.488 e. The van der Waals surface area contributed by atoms with Crippen LogP contribution in [0.1, 0.15) is 0 Å². The molecular formula is C25H20ClFN4O4. The van der Waals surface area contributed by atoms with E-state index in [0.717, 1.165) is 16.5 Å². The minimum atomic E-state index is -0.940. The van der Waals surface area contributed by atoms with Crippen LogP contribution in [-0.2, 0) is 0 Å². The Morgan fingerprint density at radius 1 is 1.26 bits per heavy atom. The van der Waals surface area contributed by atoms with Gasteiger partial charge in [-0.25, -0.2) is 14.2 Å². The van der Waals surface area contributed by atoms with Crippen LogP contribution in [0.2, 0.25) is 5.02 Å². The molecule has 4 aromatic rings. The van der Waals surface area contributed by atoms with Gasteiger partial charge in [0.1, 0.15) is 12.4 Å². The first-order valence-corrected chi connectivity index (χ1v) is 11.4. The average Bonchev–Trinajstić information content (AvgIpc) is 2.87. The van der Waals surface area contributed by atoms with E-state index in [4.69, 9.17) is 21.1 Å². The fourth-order valence-corrected chi connectivity index (χ4v) is 5.31. The molecule has 0 unspecified atom stereocenters. The number of benzene rings is 2. The molecule has 2 aromatic carbocycles. The van der Waals surface area contributed by atoms with Gasteiger partial charge in [0.2, 0.25) is 5.88 Å². The topological polar surface area (TPSA) is 88.0 Å². The number of carboxylic acid groups (broad SMARTS) is 1. The van der Waals surface area contributed by atoms with Gasteiger partial charge in [-0.15, -0.1) is 0 Å². The third kappa shape index (κ3) is 3.37. The van der Waals surface area contributed by atoms with Gasteiger partial charge in [-0.05, 0) is 29.7 Å². The van der Waals surface area contributed by atoms with Crippen LogP contribution >= 0.6 is 11.6 Å². The predicted octanol–water partition coefficient (Wildman–Crippen LogP) is 4.81. The number of nitrogens with zero attached hydrogens (tertiary/aromatic N) is 4. The van der Waals surface area contributed by atoms with Gasteiger partial charge in [-0.1, -0.05) is 17.7 Å². The van der Waals surface area contributed by atoms with Crippen molar-refractivity contribution >= 4 is 45.1 Å². The van der Waals surface area contributed by atoms with Gasteiger partial charge < -0.3 is 24.4 Å². The number of carbonyl (C=O) groups is 1. The zero-order valence-corrected chi connectivity index (χ0v) is 19.4. The summed E-state index contributed by atoms with van der Waals surface area (Å²) in [5.41, 5.74) is 2.21. The van der Waals surface area contributed by atoms with Crippen LogP contribution in [0.15, 0.2) is 42.7 Å². The van der Waals surface area contributed by atoms with E-state index in [2.05, 4.69) is 14.9 Å². The summed E-state index contributed by atoms with van der Waals surface area (Å²) in [5.74, 6) is 0.471. The number of halogens is 2. The maximum Gasteiger partial charge on any atom is 0.407 e. The molecule has 0 aliphatic carbocycles. The molecule has 1 amide bonds. The molecule has 35 heavy (non-hydrogen) atoms. The molecule has 1 atom stereocenters. The van der Waals surface area contributed by atoms with Crippen LogP contribution in [0.4, 0.5) is 14.9 Å². The minimum absolute atomic E-state index is 0.123. The zero-order valence-electron chi connectivity index (χ0n) is 18.7. The fourth-order valence-electron chi connectivity index (χ4n) is 5.06. The number of piperazine rings is 1. The molecule has 6 rings (SSSR count). The summed E-state index contributed by atoms with van der Waals surface area (Å²) in [5, 5.41) is 11.8. The van der Waals surface area contributed by atoms with Gasteiger partial charge in [-0.2, -0.15) is 0 Å². The van der Waals surface area contributed by atoms with Crippen molar-refractivity contribution in [2.45, 2.75) is 6.04 Å². The lowest BCUT2D eigenvalue weighted by atomic mass is 9.96. The highest BCUT2D eigenvalue weighted by Gasteiger charge is 2.36. The first-order chi connectivity index (χ1) is 17.0. The molecule has 0 bridgehead atoms. The lowest BCUT2D eigenvalue weighted by molar-refractivity contribution is 0.123. The van der Waals surface area contributed by atoms with Gasteiger partial charge in [-0.3, -0.25) is 4.98 Å². The Labute approximate surface area is 204 Å². The summed E-state index contributed by atoms with van der Waals surface area (Å²) in [6.07, 6.45) is 2.32. The third-order valence-electron chi connectivity index (χ3n) is 6.68. The number of hydrogen-bond acceptors (Lipinski definition) is 6. The zero-order chi connectivity index (χ0) is 24.3. The quantitative estimate of drug-likeness (QED) is 0.427. The van der Waals surface area contributed by atoms with Crippen LogP contribution < -0.4 is 14.4 Å². The highest BCUT2D eigenvalue weighted by atomic mass is 35.5. The van der Waals surface area contributed by atoms with Crippen molar-refractivity contribution in [3.63, 3.8) is 0 Å².